The van der Waals surface area contributed by atoms with E-state index in [1.807, 2.05) is 0 Å². The molecule has 0 aliphatic carbocycles. The Labute approximate surface area is 516 Å². The molecule has 0 saturated heterocycles. The van der Waals surface area contributed by atoms with E-state index in [0.29, 0.717) is 0 Å². The van der Waals surface area contributed by atoms with Crippen LogP contribution in [0.1, 0.15) is 99.9 Å². The van der Waals surface area contributed by atoms with E-state index in [1.54, 1.807) is 0 Å². The number of para-hydroxylation sites is 10. The van der Waals surface area contributed by atoms with Crippen molar-refractivity contribution in [1.82, 2.24) is 0 Å². The summed E-state index contributed by atoms with van der Waals surface area (Å²) in [6.07, 6.45) is 0. The number of fused-ring (bicyclic) bond motifs is 17. The number of furan rings is 3. The van der Waals surface area contributed by atoms with Crippen LogP contribution in [0.2, 0.25) is 0 Å². The largest absolute Gasteiger partial charge is 0.455 e. The first-order valence-corrected chi connectivity index (χ1v) is 31.4. The van der Waals surface area contributed by atoms with E-state index in [1.165, 1.54) is 78.6 Å². The van der Waals surface area contributed by atoms with Crippen LogP contribution in [0.3, 0.4) is 0 Å². The van der Waals surface area contributed by atoms with Crippen LogP contribution in [-0.2, 0) is 21.7 Å². The molecule has 0 unspecified atom stereocenters. The summed E-state index contributed by atoms with van der Waals surface area (Å²) in [6.45, 7) is 19.1. The number of hydrogen-bond donors (Lipinski definition) is 0. The molecule has 5 nitrogen and oxygen atoms in total. The first kappa shape index (κ1) is 50.8. The standard InChI is InChI=1S/C84H62N2O3/c1-81(2)61-35-9-13-39-69(61)85-70-40-14-10-36-62(70)82(3,4)66-44-47(43-65(81)73(66)85)49-23-17-25-51-53-27-19-29-55(77(53)87-75(49)51)57-31-21-33-59-60-34-22-32-58(80(60)89-79(57)59)56-30-20-28-54-52-26-18-24-50(76(52)88-78(54)56)48-45-67-74-68(46-48)84(7,8)64-38-12-16-42-72(64)86(74)71-41-15-11-37-63(71)83(67,5)6/h9-46H,1-8H3. The smallest absolute Gasteiger partial charge is 0.143 e. The van der Waals surface area contributed by atoms with Crippen molar-refractivity contribution in [3.8, 4) is 44.5 Å². The maximum absolute atomic E-state index is 7.36. The van der Waals surface area contributed by atoms with Gasteiger partial charge in [0.05, 0.1) is 34.1 Å². The maximum atomic E-state index is 7.36. The fourth-order valence-corrected chi connectivity index (χ4v) is 16.8. The first-order valence-electron chi connectivity index (χ1n) is 31.4. The minimum atomic E-state index is -0.266. The lowest BCUT2D eigenvalue weighted by atomic mass is 9.65. The average Bonchev–Trinajstić information content (AvgIpc) is 1.44. The second kappa shape index (κ2) is 17.2. The zero-order valence-corrected chi connectivity index (χ0v) is 51.1. The van der Waals surface area contributed by atoms with Gasteiger partial charge < -0.3 is 23.1 Å². The minimum Gasteiger partial charge on any atom is -0.455 e. The van der Waals surface area contributed by atoms with Crippen LogP contribution in [0.5, 0.6) is 0 Å². The molecule has 0 saturated carbocycles. The first-order chi connectivity index (χ1) is 43.2. The van der Waals surface area contributed by atoms with Crippen molar-refractivity contribution in [3.05, 3.63) is 275 Å². The van der Waals surface area contributed by atoms with Crippen LogP contribution in [0.25, 0.3) is 110 Å². The molecule has 19 rings (SSSR count). The Morgan fingerprint density at radius 3 is 0.685 bits per heavy atom. The van der Waals surface area contributed by atoms with Crippen molar-refractivity contribution in [2.75, 3.05) is 9.80 Å². The van der Waals surface area contributed by atoms with E-state index in [-0.39, 0.29) is 21.7 Å². The van der Waals surface area contributed by atoms with Gasteiger partial charge in [0.25, 0.3) is 0 Å². The van der Waals surface area contributed by atoms with E-state index in [0.717, 1.165) is 110 Å². The van der Waals surface area contributed by atoms with Gasteiger partial charge in [-0.25, -0.2) is 0 Å². The molecule has 3 aromatic heterocycles. The average molecular weight is 1150 g/mol. The second-order valence-corrected chi connectivity index (χ2v) is 27.5. The fourth-order valence-electron chi connectivity index (χ4n) is 16.8. The summed E-state index contributed by atoms with van der Waals surface area (Å²) in [6, 6.07) is 85.1. The molecular formula is C84H62N2O3. The minimum absolute atomic E-state index is 0.266. The van der Waals surface area contributed by atoms with E-state index >= 15 is 0 Å². The van der Waals surface area contributed by atoms with Gasteiger partial charge in [-0.1, -0.05) is 237 Å². The van der Waals surface area contributed by atoms with Crippen LogP contribution in [0, 0.1) is 0 Å². The Morgan fingerprint density at radius 1 is 0.225 bits per heavy atom. The third-order valence-electron chi connectivity index (χ3n) is 21.4. The third-order valence-corrected chi connectivity index (χ3v) is 21.4. The maximum Gasteiger partial charge on any atom is 0.143 e. The van der Waals surface area contributed by atoms with Crippen LogP contribution in [0.15, 0.2) is 244 Å². The van der Waals surface area contributed by atoms with Gasteiger partial charge in [-0.2, -0.15) is 0 Å². The lowest BCUT2D eigenvalue weighted by molar-refractivity contribution is 0.597. The molecule has 89 heavy (non-hydrogen) atoms. The molecule has 0 radical (unpaired) electrons. The van der Waals surface area contributed by atoms with Gasteiger partial charge >= 0.3 is 0 Å². The number of benzene rings is 12. The van der Waals surface area contributed by atoms with E-state index in [2.05, 4.69) is 296 Å². The normalized spacial score (nSPS) is 16.0. The van der Waals surface area contributed by atoms with Crippen LogP contribution < -0.4 is 9.80 Å². The van der Waals surface area contributed by atoms with Gasteiger partial charge in [-0.3, -0.25) is 0 Å². The molecule has 0 amide bonds. The lowest BCUT2D eigenvalue weighted by Crippen LogP contribution is -2.38. The van der Waals surface area contributed by atoms with E-state index in [4.69, 9.17) is 13.3 Å². The molecule has 15 aromatic rings. The zero-order valence-electron chi connectivity index (χ0n) is 51.1. The Balaban J connectivity index is 0.754. The Morgan fingerprint density at radius 2 is 0.438 bits per heavy atom. The van der Waals surface area contributed by atoms with Crippen molar-refractivity contribution < 1.29 is 13.3 Å². The highest BCUT2D eigenvalue weighted by Crippen LogP contribution is 2.63. The summed E-state index contributed by atoms with van der Waals surface area (Å²) in [7, 11) is 0. The monoisotopic (exact) mass is 1150 g/mol. The molecule has 0 N–H and O–H groups in total. The fraction of sp³-hybridized carbons (Fsp3) is 0.143. The van der Waals surface area contributed by atoms with Crippen molar-refractivity contribution in [2.45, 2.75) is 77.0 Å². The summed E-state index contributed by atoms with van der Waals surface area (Å²) in [5.74, 6) is 0. The molecule has 0 atom stereocenters. The highest BCUT2D eigenvalue weighted by atomic mass is 16.3. The van der Waals surface area contributed by atoms with Gasteiger partial charge in [-0.05, 0) is 104 Å². The number of anilines is 6. The van der Waals surface area contributed by atoms with Crippen molar-refractivity contribution in [1.29, 1.82) is 0 Å². The molecule has 5 heteroatoms. The highest BCUT2D eigenvalue weighted by Gasteiger charge is 2.48. The number of hydrogen-bond acceptors (Lipinski definition) is 5. The van der Waals surface area contributed by atoms with Gasteiger partial charge in [0, 0.05) is 87.4 Å². The molecule has 12 aromatic carbocycles. The van der Waals surface area contributed by atoms with E-state index < -0.39 is 0 Å². The van der Waals surface area contributed by atoms with Crippen molar-refractivity contribution >= 4 is 99.9 Å². The van der Waals surface area contributed by atoms with Gasteiger partial charge in [0.1, 0.15) is 33.5 Å². The predicted octanol–water partition coefficient (Wildman–Crippen LogP) is 23.5. The molecule has 4 aliphatic rings. The summed E-state index contributed by atoms with van der Waals surface area (Å²) >= 11 is 0. The summed E-state index contributed by atoms with van der Waals surface area (Å²) in [4.78, 5) is 5.05. The van der Waals surface area contributed by atoms with Crippen molar-refractivity contribution in [3.63, 3.8) is 0 Å². The van der Waals surface area contributed by atoms with Crippen LogP contribution >= 0.6 is 0 Å². The summed E-state index contributed by atoms with van der Waals surface area (Å²) < 4.78 is 22.0. The number of rotatable bonds is 4. The van der Waals surface area contributed by atoms with Gasteiger partial charge in [0.2, 0.25) is 0 Å². The topological polar surface area (TPSA) is 45.9 Å². The molecule has 0 bridgehead atoms. The predicted molar refractivity (Wildman–Crippen MR) is 368 cm³/mol. The molecule has 0 spiro atoms. The molecule has 7 heterocycles. The van der Waals surface area contributed by atoms with Crippen LogP contribution in [0.4, 0.5) is 34.1 Å². The SMILES string of the molecule is CC1(C)c2ccccc2N2c3ccccc3C(C)(C)c3cc(-c4cccc5c4oc4c(-c6cccc7c6oc6c(-c8cccc9c8oc8c(-c%10cc%11c%12c(c%10)C(C)(C)c%10ccccc%10N%12c%10ccccc%10C%11(C)C)cccc89)cccc67)cccc45)cc1c32. The quantitative estimate of drug-likeness (QED) is 0.176. The summed E-state index contributed by atoms with van der Waals surface area (Å²) in [5.41, 5.74) is 30.5. The van der Waals surface area contributed by atoms with E-state index in [9.17, 15) is 0 Å². The zero-order chi connectivity index (χ0) is 59.8. The Bertz CT molecular complexity index is 5150. The lowest BCUT2D eigenvalue weighted by Gasteiger charge is -2.49. The Hall–Kier alpha value is -10.4. The number of nitrogens with zero attached hydrogens (tertiary/aromatic N) is 2. The molecular weight excluding hydrogens is 1080 g/mol. The molecule has 4 aliphatic heterocycles. The third kappa shape index (κ3) is 6.49. The second-order valence-electron chi connectivity index (χ2n) is 27.5. The van der Waals surface area contributed by atoms with Crippen molar-refractivity contribution in [2.24, 2.45) is 0 Å². The molecule has 0 fully saturated rings. The van der Waals surface area contributed by atoms with Crippen LogP contribution in [-0.4, -0.2) is 0 Å². The summed E-state index contributed by atoms with van der Waals surface area (Å²) in [5, 5.41) is 6.39. The Kier molecular flexibility index (Phi) is 9.83. The molecule has 426 valence electrons. The van der Waals surface area contributed by atoms with Gasteiger partial charge in [0.15, 0.2) is 0 Å². The highest BCUT2D eigenvalue weighted by molar-refractivity contribution is 6.20. The van der Waals surface area contributed by atoms with Gasteiger partial charge in [-0.15, -0.1) is 0 Å².